The molecule has 0 bridgehead atoms. The van der Waals surface area contributed by atoms with Crippen LogP contribution in [0.4, 0.5) is 0 Å². The number of H-pyrrole nitrogens is 1. The largest absolute Gasteiger partial charge is 0.387 e. The molecule has 0 saturated heterocycles. The predicted octanol–water partition coefficient (Wildman–Crippen LogP) is 0.0681. The minimum Gasteiger partial charge on any atom is -0.387 e. The number of nitrogens with zero attached hydrogens (tertiary/aromatic N) is 3. The standard InChI is InChI=1S/C11H12N4O3S/c1-6(16)8-4-3-7(5-12-8)19-11-13-9(17)10(18)14-15(11)2/h3-6,16H,1-2H3,(H,14,18). The summed E-state index contributed by atoms with van der Waals surface area (Å²) in [4.78, 5) is 30.8. The van der Waals surface area contributed by atoms with E-state index in [1.807, 2.05) is 0 Å². The van der Waals surface area contributed by atoms with E-state index in [4.69, 9.17) is 0 Å². The van der Waals surface area contributed by atoms with E-state index >= 15 is 0 Å². The summed E-state index contributed by atoms with van der Waals surface area (Å²) >= 11 is 1.20. The van der Waals surface area contributed by atoms with E-state index in [0.717, 1.165) is 4.90 Å². The van der Waals surface area contributed by atoms with Crippen molar-refractivity contribution in [1.29, 1.82) is 0 Å². The second-order valence-electron chi connectivity index (χ2n) is 3.90. The monoisotopic (exact) mass is 280 g/mol. The number of rotatable bonds is 3. The molecule has 0 amide bonds. The van der Waals surface area contributed by atoms with Gasteiger partial charge in [0.05, 0.1) is 11.8 Å². The molecular formula is C11H12N4O3S. The van der Waals surface area contributed by atoms with Gasteiger partial charge in [-0.1, -0.05) is 0 Å². The number of aryl methyl sites for hydroxylation is 1. The molecule has 2 N–H and O–H groups in total. The van der Waals surface area contributed by atoms with Crippen LogP contribution < -0.4 is 11.1 Å². The fraction of sp³-hybridized carbons (Fsp3) is 0.273. The normalized spacial score (nSPS) is 12.4. The Labute approximate surface area is 112 Å². The zero-order valence-electron chi connectivity index (χ0n) is 10.3. The summed E-state index contributed by atoms with van der Waals surface area (Å²) < 4.78 is 1.37. The second-order valence-corrected chi connectivity index (χ2v) is 4.94. The fourth-order valence-corrected chi connectivity index (χ4v) is 2.12. The molecule has 7 nitrogen and oxygen atoms in total. The van der Waals surface area contributed by atoms with Gasteiger partial charge in [-0.25, -0.2) is 0 Å². The molecule has 0 saturated carbocycles. The van der Waals surface area contributed by atoms with Crippen LogP contribution in [0, 0.1) is 0 Å². The van der Waals surface area contributed by atoms with Gasteiger partial charge in [-0.05, 0) is 30.8 Å². The highest BCUT2D eigenvalue weighted by Crippen LogP contribution is 2.24. The lowest BCUT2D eigenvalue weighted by molar-refractivity contribution is 0.194. The Kier molecular flexibility index (Phi) is 3.82. The number of pyridine rings is 1. The van der Waals surface area contributed by atoms with Crippen molar-refractivity contribution in [3.63, 3.8) is 0 Å². The Hall–Kier alpha value is -1.93. The summed E-state index contributed by atoms with van der Waals surface area (Å²) in [6.07, 6.45) is 0.943. The van der Waals surface area contributed by atoms with Crippen LogP contribution in [0.5, 0.6) is 0 Å². The maximum atomic E-state index is 11.2. The highest BCUT2D eigenvalue weighted by molar-refractivity contribution is 7.99. The molecule has 100 valence electrons. The average Bonchev–Trinajstić information content (AvgIpc) is 2.36. The van der Waals surface area contributed by atoms with Crippen LogP contribution in [0.25, 0.3) is 0 Å². The number of aliphatic hydroxyl groups is 1. The Bertz CT molecular complexity index is 690. The Morgan fingerprint density at radius 1 is 1.42 bits per heavy atom. The molecule has 0 aromatic carbocycles. The molecule has 2 heterocycles. The van der Waals surface area contributed by atoms with Crippen molar-refractivity contribution in [3.05, 3.63) is 44.7 Å². The van der Waals surface area contributed by atoms with Gasteiger partial charge in [-0.15, -0.1) is 0 Å². The van der Waals surface area contributed by atoms with Gasteiger partial charge in [-0.3, -0.25) is 24.4 Å². The predicted molar refractivity (Wildman–Crippen MR) is 69.1 cm³/mol. The van der Waals surface area contributed by atoms with E-state index in [1.54, 1.807) is 32.3 Å². The van der Waals surface area contributed by atoms with Crippen molar-refractivity contribution in [2.45, 2.75) is 23.1 Å². The molecule has 8 heteroatoms. The third-order valence-corrected chi connectivity index (χ3v) is 3.37. The molecule has 0 spiro atoms. The third kappa shape index (κ3) is 3.09. The second kappa shape index (κ2) is 5.37. The molecule has 19 heavy (non-hydrogen) atoms. The summed E-state index contributed by atoms with van der Waals surface area (Å²) in [6, 6.07) is 3.45. The summed E-state index contributed by atoms with van der Waals surface area (Å²) in [5.74, 6) is 0. The number of hydrogen-bond donors (Lipinski definition) is 2. The van der Waals surface area contributed by atoms with Gasteiger partial charge >= 0.3 is 11.1 Å². The van der Waals surface area contributed by atoms with Crippen molar-refractivity contribution < 1.29 is 5.11 Å². The lowest BCUT2D eigenvalue weighted by Crippen LogP contribution is -2.33. The quantitative estimate of drug-likeness (QED) is 0.771. The Morgan fingerprint density at radius 2 is 2.16 bits per heavy atom. The minimum absolute atomic E-state index is 0.358. The van der Waals surface area contributed by atoms with Gasteiger partial charge in [0, 0.05) is 18.1 Å². The first-order valence-electron chi connectivity index (χ1n) is 5.46. The number of hydrogen-bond acceptors (Lipinski definition) is 6. The van der Waals surface area contributed by atoms with E-state index in [-0.39, 0.29) is 0 Å². The molecule has 0 aliphatic carbocycles. The maximum Gasteiger partial charge on any atom is 0.339 e. The zero-order chi connectivity index (χ0) is 14.0. The average molecular weight is 280 g/mol. The van der Waals surface area contributed by atoms with Crippen LogP contribution in [0.3, 0.4) is 0 Å². The Morgan fingerprint density at radius 3 is 2.74 bits per heavy atom. The molecule has 2 aromatic rings. The van der Waals surface area contributed by atoms with Gasteiger partial charge in [0.15, 0.2) is 5.16 Å². The highest BCUT2D eigenvalue weighted by Gasteiger charge is 2.07. The van der Waals surface area contributed by atoms with E-state index in [9.17, 15) is 14.7 Å². The molecule has 2 aromatic heterocycles. The summed E-state index contributed by atoms with van der Waals surface area (Å²) in [5, 5.41) is 12.1. The number of aromatic amines is 1. The van der Waals surface area contributed by atoms with Gasteiger partial charge in [0.2, 0.25) is 0 Å². The molecule has 1 atom stereocenters. The lowest BCUT2D eigenvalue weighted by atomic mass is 10.2. The molecule has 0 aliphatic heterocycles. The summed E-state index contributed by atoms with van der Waals surface area (Å²) in [7, 11) is 1.59. The van der Waals surface area contributed by atoms with Crippen molar-refractivity contribution in [1.82, 2.24) is 19.7 Å². The number of aliphatic hydroxyl groups excluding tert-OH is 1. The van der Waals surface area contributed by atoms with E-state index in [2.05, 4.69) is 15.1 Å². The van der Waals surface area contributed by atoms with Crippen molar-refractivity contribution in [2.24, 2.45) is 7.05 Å². The molecule has 1 unspecified atom stereocenters. The summed E-state index contributed by atoms with van der Waals surface area (Å²) in [5.41, 5.74) is -1.02. The molecule has 0 fully saturated rings. The first-order chi connectivity index (χ1) is 8.97. The van der Waals surface area contributed by atoms with Crippen LogP contribution in [-0.2, 0) is 7.05 Å². The van der Waals surface area contributed by atoms with E-state index in [1.165, 1.54) is 16.4 Å². The SMILES string of the molecule is CC(O)c1ccc(Sc2nc(=O)c(=O)[nH]n2C)cn1. The maximum absolute atomic E-state index is 11.2. The first kappa shape index (κ1) is 13.5. The van der Waals surface area contributed by atoms with Crippen LogP contribution in [-0.4, -0.2) is 24.9 Å². The summed E-state index contributed by atoms with van der Waals surface area (Å²) in [6.45, 7) is 1.63. The van der Waals surface area contributed by atoms with Crippen molar-refractivity contribution >= 4 is 11.8 Å². The molecule has 2 rings (SSSR count). The minimum atomic E-state index is -0.825. The third-order valence-electron chi connectivity index (χ3n) is 2.34. The molecule has 0 radical (unpaired) electrons. The first-order valence-corrected chi connectivity index (χ1v) is 6.28. The van der Waals surface area contributed by atoms with Gasteiger partial charge in [0.25, 0.3) is 0 Å². The van der Waals surface area contributed by atoms with Crippen molar-refractivity contribution in [2.75, 3.05) is 0 Å². The molecule has 0 aliphatic rings. The van der Waals surface area contributed by atoms with Crippen LogP contribution in [0.15, 0.2) is 38.0 Å². The van der Waals surface area contributed by atoms with Gasteiger partial charge in [0.1, 0.15) is 0 Å². The van der Waals surface area contributed by atoms with Crippen LogP contribution in [0.2, 0.25) is 0 Å². The number of nitrogens with one attached hydrogen (secondary N) is 1. The fourth-order valence-electron chi connectivity index (χ4n) is 1.36. The smallest absolute Gasteiger partial charge is 0.339 e. The van der Waals surface area contributed by atoms with Crippen LogP contribution in [0.1, 0.15) is 18.7 Å². The van der Waals surface area contributed by atoms with Crippen molar-refractivity contribution in [3.8, 4) is 0 Å². The van der Waals surface area contributed by atoms with E-state index in [0.29, 0.717) is 10.9 Å². The molecular weight excluding hydrogens is 268 g/mol. The van der Waals surface area contributed by atoms with Gasteiger partial charge in [-0.2, -0.15) is 4.98 Å². The zero-order valence-corrected chi connectivity index (χ0v) is 11.1. The number of aromatic nitrogens is 4. The lowest BCUT2D eigenvalue weighted by Gasteiger charge is -2.07. The highest BCUT2D eigenvalue weighted by atomic mass is 32.2. The topological polar surface area (TPSA) is 101 Å². The van der Waals surface area contributed by atoms with Gasteiger partial charge < -0.3 is 5.11 Å². The van der Waals surface area contributed by atoms with Crippen LogP contribution >= 0.6 is 11.8 Å². The Balaban J connectivity index is 2.29. The van der Waals surface area contributed by atoms with E-state index < -0.39 is 17.2 Å².